The smallest absolute Gasteiger partial charge is 0.241 e. The van der Waals surface area contributed by atoms with Crippen molar-refractivity contribution >= 4 is 33.1 Å². The predicted molar refractivity (Wildman–Crippen MR) is 95.7 cm³/mol. The predicted octanol–water partition coefficient (Wildman–Crippen LogP) is 3.24. The Morgan fingerprint density at radius 1 is 1.25 bits per heavy atom. The summed E-state index contributed by atoms with van der Waals surface area (Å²) in [7, 11) is 1.77. The lowest BCUT2D eigenvalue weighted by molar-refractivity contribution is -0.128. The van der Waals surface area contributed by atoms with Gasteiger partial charge in [-0.2, -0.15) is 5.26 Å². The lowest BCUT2D eigenvalue weighted by atomic mass is 10.2. The van der Waals surface area contributed by atoms with Gasteiger partial charge in [-0.1, -0.05) is 12.1 Å². The van der Waals surface area contributed by atoms with Crippen LogP contribution in [0, 0.1) is 11.3 Å². The van der Waals surface area contributed by atoms with Crippen LogP contribution in [0.5, 0.6) is 0 Å². The number of fused-ring (bicyclic) bond motifs is 1. The largest absolute Gasteiger partial charge is 0.376 e. The Balaban J connectivity index is 1.56. The highest BCUT2D eigenvalue weighted by molar-refractivity contribution is 7.18. The van der Waals surface area contributed by atoms with Crippen LogP contribution in [0.4, 0.5) is 5.69 Å². The van der Waals surface area contributed by atoms with E-state index in [0.29, 0.717) is 12.1 Å². The quantitative estimate of drug-likeness (QED) is 0.776. The Hall–Kier alpha value is -2.91. The van der Waals surface area contributed by atoms with Crippen LogP contribution in [0.25, 0.3) is 10.2 Å². The minimum absolute atomic E-state index is 0.0152. The van der Waals surface area contributed by atoms with Gasteiger partial charge < -0.3 is 10.2 Å². The van der Waals surface area contributed by atoms with Crippen LogP contribution in [0.2, 0.25) is 0 Å². The Labute approximate surface area is 144 Å². The number of rotatable bonds is 5. The van der Waals surface area contributed by atoms with Crippen LogP contribution in [0.3, 0.4) is 0 Å². The Kier molecular flexibility index (Phi) is 4.73. The highest BCUT2D eigenvalue weighted by Crippen LogP contribution is 2.22. The number of likely N-dealkylation sites (N-methyl/N-ethyl adjacent to an activating group) is 1. The van der Waals surface area contributed by atoms with Crippen LogP contribution < -0.4 is 5.32 Å². The normalized spacial score (nSPS) is 10.3. The second-order valence-corrected chi connectivity index (χ2v) is 6.48. The van der Waals surface area contributed by atoms with E-state index in [2.05, 4.69) is 16.4 Å². The van der Waals surface area contributed by atoms with Gasteiger partial charge in [-0.3, -0.25) is 4.79 Å². The molecule has 1 heterocycles. The van der Waals surface area contributed by atoms with Gasteiger partial charge in [0.2, 0.25) is 5.91 Å². The standard InChI is InChI=1S/C18H16N4OS/c1-22(12-17-21-15-4-2-3-5-16(15)24-17)18(23)11-20-14-8-6-13(10-19)7-9-14/h2-9,20H,11-12H2,1H3. The molecule has 0 spiro atoms. The first-order chi connectivity index (χ1) is 11.7. The van der Waals surface area contributed by atoms with Crippen molar-refractivity contribution in [2.45, 2.75) is 6.54 Å². The third kappa shape index (κ3) is 3.70. The molecule has 0 aliphatic heterocycles. The van der Waals surface area contributed by atoms with Crippen molar-refractivity contribution in [2.75, 3.05) is 18.9 Å². The van der Waals surface area contributed by atoms with E-state index in [1.54, 1.807) is 47.5 Å². The minimum atomic E-state index is -0.0152. The third-order valence-electron chi connectivity index (χ3n) is 3.59. The van der Waals surface area contributed by atoms with Crippen molar-refractivity contribution in [3.05, 3.63) is 59.1 Å². The van der Waals surface area contributed by atoms with Crippen molar-refractivity contribution in [3.8, 4) is 6.07 Å². The average Bonchev–Trinajstić information content (AvgIpc) is 3.02. The lowest BCUT2D eigenvalue weighted by Gasteiger charge is -2.16. The van der Waals surface area contributed by atoms with Gasteiger partial charge in [0.05, 0.1) is 34.9 Å². The number of nitrogens with one attached hydrogen (secondary N) is 1. The van der Waals surface area contributed by atoms with E-state index in [9.17, 15) is 4.79 Å². The molecule has 3 aromatic rings. The topological polar surface area (TPSA) is 69.0 Å². The molecule has 3 rings (SSSR count). The number of carbonyl (C=O) groups excluding carboxylic acids is 1. The summed E-state index contributed by atoms with van der Waals surface area (Å²) in [6, 6.07) is 17.0. The fourth-order valence-corrected chi connectivity index (χ4v) is 3.27. The zero-order valence-corrected chi connectivity index (χ0v) is 14.0. The van der Waals surface area contributed by atoms with E-state index >= 15 is 0 Å². The molecule has 6 heteroatoms. The number of anilines is 1. The first kappa shape index (κ1) is 16.0. The number of nitriles is 1. The second-order valence-electron chi connectivity index (χ2n) is 5.37. The maximum absolute atomic E-state index is 12.2. The van der Waals surface area contributed by atoms with Gasteiger partial charge in [0.25, 0.3) is 0 Å². The van der Waals surface area contributed by atoms with Gasteiger partial charge >= 0.3 is 0 Å². The number of benzene rings is 2. The number of aromatic nitrogens is 1. The molecule has 1 amide bonds. The molecule has 0 saturated heterocycles. The first-order valence-electron chi connectivity index (χ1n) is 7.48. The van der Waals surface area contributed by atoms with Gasteiger partial charge in [-0.15, -0.1) is 11.3 Å². The minimum Gasteiger partial charge on any atom is -0.376 e. The summed E-state index contributed by atoms with van der Waals surface area (Å²) < 4.78 is 1.13. The van der Waals surface area contributed by atoms with E-state index < -0.39 is 0 Å². The van der Waals surface area contributed by atoms with E-state index in [1.165, 1.54) is 0 Å². The van der Waals surface area contributed by atoms with E-state index in [1.807, 2.05) is 24.3 Å². The number of nitrogens with zero attached hydrogens (tertiary/aromatic N) is 3. The van der Waals surface area contributed by atoms with Gasteiger partial charge in [0.15, 0.2) is 0 Å². The molecule has 0 bridgehead atoms. The lowest BCUT2D eigenvalue weighted by Crippen LogP contribution is -2.31. The van der Waals surface area contributed by atoms with Crippen molar-refractivity contribution < 1.29 is 4.79 Å². The van der Waals surface area contributed by atoms with Crippen molar-refractivity contribution in [2.24, 2.45) is 0 Å². The molecule has 0 radical (unpaired) electrons. The molecule has 1 aromatic heterocycles. The summed E-state index contributed by atoms with van der Waals surface area (Å²) in [5.41, 5.74) is 2.38. The molecule has 0 aliphatic carbocycles. The van der Waals surface area contributed by atoms with E-state index in [0.717, 1.165) is 20.9 Å². The van der Waals surface area contributed by atoms with Crippen LogP contribution in [0.1, 0.15) is 10.6 Å². The van der Waals surface area contributed by atoms with Crippen LogP contribution >= 0.6 is 11.3 Å². The highest BCUT2D eigenvalue weighted by atomic mass is 32.1. The summed E-state index contributed by atoms with van der Waals surface area (Å²) in [5, 5.41) is 12.8. The summed E-state index contributed by atoms with van der Waals surface area (Å²) >= 11 is 1.61. The molecular formula is C18H16N4OS. The monoisotopic (exact) mass is 336 g/mol. The molecule has 5 nitrogen and oxygen atoms in total. The van der Waals surface area contributed by atoms with E-state index in [-0.39, 0.29) is 12.5 Å². The second kappa shape index (κ2) is 7.11. The molecule has 24 heavy (non-hydrogen) atoms. The number of amides is 1. The zero-order chi connectivity index (χ0) is 16.9. The van der Waals surface area contributed by atoms with Crippen LogP contribution in [0.15, 0.2) is 48.5 Å². The maximum Gasteiger partial charge on any atom is 0.241 e. The fraction of sp³-hybridized carbons (Fsp3) is 0.167. The van der Waals surface area contributed by atoms with Crippen LogP contribution in [-0.2, 0) is 11.3 Å². The number of para-hydroxylation sites is 1. The molecule has 0 atom stereocenters. The number of hydrogen-bond acceptors (Lipinski definition) is 5. The van der Waals surface area contributed by atoms with Crippen molar-refractivity contribution in [3.63, 3.8) is 0 Å². The summed E-state index contributed by atoms with van der Waals surface area (Å²) in [6.45, 7) is 0.695. The van der Waals surface area contributed by atoms with Gasteiger partial charge in [0, 0.05) is 12.7 Å². The molecule has 120 valence electrons. The van der Waals surface area contributed by atoms with Gasteiger partial charge in [-0.25, -0.2) is 4.98 Å². The van der Waals surface area contributed by atoms with Crippen molar-refractivity contribution in [1.29, 1.82) is 5.26 Å². The Bertz CT molecular complexity index is 862. The fourth-order valence-electron chi connectivity index (χ4n) is 2.25. The number of hydrogen-bond donors (Lipinski definition) is 1. The number of carbonyl (C=O) groups is 1. The van der Waals surface area contributed by atoms with Gasteiger partial charge in [0.1, 0.15) is 5.01 Å². The Morgan fingerprint density at radius 2 is 2.00 bits per heavy atom. The molecule has 0 aliphatic rings. The third-order valence-corrected chi connectivity index (χ3v) is 4.62. The van der Waals surface area contributed by atoms with Gasteiger partial charge in [-0.05, 0) is 36.4 Å². The summed E-state index contributed by atoms with van der Waals surface area (Å²) in [5.74, 6) is -0.0152. The number of thiazole rings is 1. The molecular weight excluding hydrogens is 320 g/mol. The zero-order valence-electron chi connectivity index (χ0n) is 13.2. The molecule has 0 saturated carbocycles. The van der Waals surface area contributed by atoms with Crippen molar-refractivity contribution in [1.82, 2.24) is 9.88 Å². The average molecular weight is 336 g/mol. The molecule has 1 N–H and O–H groups in total. The summed E-state index contributed by atoms with van der Waals surface area (Å²) in [6.07, 6.45) is 0. The first-order valence-corrected chi connectivity index (χ1v) is 8.30. The highest BCUT2D eigenvalue weighted by Gasteiger charge is 2.12. The Morgan fingerprint density at radius 3 is 2.71 bits per heavy atom. The van der Waals surface area contributed by atoms with Crippen LogP contribution in [-0.4, -0.2) is 29.4 Å². The molecule has 0 unspecified atom stereocenters. The molecule has 0 fully saturated rings. The SMILES string of the molecule is CN(Cc1nc2ccccc2s1)C(=O)CNc1ccc(C#N)cc1. The maximum atomic E-state index is 12.2. The summed E-state index contributed by atoms with van der Waals surface area (Å²) in [4.78, 5) is 18.5. The molecule has 2 aromatic carbocycles. The van der Waals surface area contributed by atoms with E-state index in [4.69, 9.17) is 5.26 Å².